The van der Waals surface area contributed by atoms with Gasteiger partial charge >= 0.3 is 6.03 Å². The van der Waals surface area contributed by atoms with Crippen LogP contribution in [0.3, 0.4) is 0 Å². The number of nitrogens with zero attached hydrogens (tertiary/aromatic N) is 2. The van der Waals surface area contributed by atoms with Crippen molar-refractivity contribution in [3.8, 4) is 0 Å². The number of carbonyl (C=O) groups excluding carboxylic acids is 1. The minimum atomic E-state index is -0.725. The molecule has 7 nitrogen and oxygen atoms in total. The molecule has 8 heteroatoms. The number of hydrogen-bond donors (Lipinski definition) is 4. The van der Waals surface area contributed by atoms with Crippen LogP contribution in [0.5, 0.6) is 0 Å². The highest BCUT2D eigenvalue weighted by molar-refractivity contribution is 7.22. The maximum absolute atomic E-state index is 10.5. The minimum absolute atomic E-state index is 0.103. The van der Waals surface area contributed by atoms with E-state index in [1.165, 1.54) is 11.3 Å². The number of nitrogens with one attached hydrogen (secondary N) is 2. The Balaban J connectivity index is 1.87. The van der Waals surface area contributed by atoms with Crippen LogP contribution in [0.4, 0.5) is 9.93 Å². The topological polar surface area (TPSA) is 113 Å². The second-order valence-electron chi connectivity index (χ2n) is 3.62. The maximum atomic E-state index is 10.5. The Morgan fingerprint density at radius 3 is 3.11 bits per heavy atom. The number of urea groups is 1. The molecule has 5 N–H and O–H groups in total. The van der Waals surface area contributed by atoms with Crippen molar-refractivity contribution in [1.82, 2.24) is 15.3 Å². The van der Waals surface area contributed by atoms with Crippen molar-refractivity contribution in [1.29, 1.82) is 0 Å². The number of amides is 2. The molecule has 0 saturated carbocycles. The number of primary amides is 1. The van der Waals surface area contributed by atoms with E-state index in [1.807, 2.05) is 12.1 Å². The minimum Gasteiger partial charge on any atom is -0.389 e. The maximum Gasteiger partial charge on any atom is 0.312 e. The molecule has 0 aliphatic rings. The number of thiazole rings is 1. The molecule has 2 heterocycles. The summed E-state index contributed by atoms with van der Waals surface area (Å²) in [5, 5.41) is 15.6. The average molecular weight is 267 g/mol. The molecule has 1 atom stereocenters. The SMILES string of the molecule is NC(=O)NCC(O)CNc1nc2ncccc2s1. The molecule has 2 amide bonds. The molecule has 0 aliphatic carbocycles. The summed E-state index contributed by atoms with van der Waals surface area (Å²) in [6.45, 7) is 0.381. The molecule has 2 aromatic rings. The number of hydrogen-bond acceptors (Lipinski definition) is 6. The molecule has 0 saturated heterocycles. The van der Waals surface area contributed by atoms with E-state index in [0.29, 0.717) is 10.8 Å². The monoisotopic (exact) mass is 267 g/mol. The van der Waals surface area contributed by atoms with Gasteiger partial charge in [0.05, 0.1) is 10.8 Å². The fourth-order valence-electron chi connectivity index (χ4n) is 1.34. The van der Waals surface area contributed by atoms with Crippen LogP contribution in [-0.2, 0) is 0 Å². The highest BCUT2D eigenvalue weighted by Gasteiger charge is 2.07. The van der Waals surface area contributed by atoms with Gasteiger partial charge in [-0.15, -0.1) is 0 Å². The van der Waals surface area contributed by atoms with Crippen LogP contribution in [0.2, 0.25) is 0 Å². The molecule has 0 aromatic carbocycles. The Kier molecular flexibility index (Phi) is 3.90. The first-order chi connectivity index (χ1) is 8.65. The number of carbonyl (C=O) groups is 1. The third kappa shape index (κ3) is 3.28. The standard InChI is InChI=1S/C10H13N5O2S/c11-9(17)13-4-6(16)5-14-10-15-8-7(18-10)2-1-3-12-8/h1-3,6,16H,4-5H2,(H3,11,13,17)(H,12,14,15). The molecular formula is C10H13N5O2S. The molecular weight excluding hydrogens is 254 g/mol. The molecule has 0 spiro atoms. The zero-order valence-electron chi connectivity index (χ0n) is 9.46. The lowest BCUT2D eigenvalue weighted by atomic mass is 10.3. The Morgan fingerprint density at radius 2 is 2.39 bits per heavy atom. The highest BCUT2D eigenvalue weighted by atomic mass is 32.1. The first-order valence-corrected chi connectivity index (χ1v) is 6.13. The van der Waals surface area contributed by atoms with Crippen LogP contribution >= 0.6 is 11.3 Å². The predicted molar refractivity (Wildman–Crippen MR) is 69.5 cm³/mol. The average Bonchev–Trinajstić information content (AvgIpc) is 2.76. The van der Waals surface area contributed by atoms with Gasteiger partial charge in [0.25, 0.3) is 0 Å². The normalized spacial score (nSPS) is 12.3. The Morgan fingerprint density at radius 1 is 1.56 bits per heavy atom. The first kappa shape index (κ1) is 12.5. The zero-order valence-corrected chi connectivity index (χ0v) is 10.3. The molecule has 2 rings (SSSR count). The van der Waals surface area contributed by atoms with E-state index in [9.17, 15) is 9.90 Å². The third-order valence-corrected chi connectivity index (χ3v) is 3.13. The van der Waals surface area contributed by atoms with Crippen molar-refractivity contribution in [3.63, 3.8) is 0 Å². The fourth-order valence-corrected chi connectivity index (χ4v) is 2.17. The number of pyridine rings is 1. The Bertz CT molecular complexity index is 511. The molecule has 0 aliphatic heterocycles. The van der Waals surface area contributed by atoms with E-state index in [-0.39, 0.29) is 13.1 Å². The number of fused-ring (bicyclic) bond motifs is 1. The van der Waals surface area contributed by atoms with E-state index in [2.05, 4.69) is 20.6 Å². The number of aliphatic hydroxyl groups excluding tert-OH is 1. The summed E-state index contributed by atoms with van der Waals surface area (Å²) in [7, 11) is 0. The van der Waals surface area contributed by atoms with Gasteiger partial charge in [-0.05, 0) is 12.1 Å². The van der Waals surface area contributed by atoms with Crippen LogP contribution < -0.4 is 16.4 Å². The van der Waals surface area contributed by atoms with E-state index >= 15 is 0 Å². The second kappa shape index (κ2) is 5.61. The number of rotatable bonds is 5. The lowest BCUT2D eigenvalue weighted by Gasteiger charge is -2.10. The van der Waals surface area contributed by atoms with Crippen LogP contribution in [0.25, 0.3) is 10.3 Å². The summed E-state index contributed by atoms with van der Waals surface area (Å²) < 4.78 is 0.977. The zero-order chi connectivity index (χ0) is 13.0. The van der Waals surface area contributed by atoms with Gasteiger partial charge in [-0.3, -0.25) is 0 Å². The number of aliphatic hydroxyl groups is 1. The molecule has 0 radical (unpaired) electrons. The van der Waals surface area contributed by atoms with Crippen molar-refractivity contribution in [3.05, 3.63) is 18.3 Å². The van der Waals surface area contributed by atoms with Crippen LogP contribution in [0.1, 0.15) is 0 Å². The molecule has 1 unspecified atom stereocenters. The van der Waals surface area contributed by atoms with E-state index in [0.717, 1.165) is 4.70 Å². The van der Waals surface area contributed by atoms with Crippen molar-refractivity contribution in [2.45, 2.75) is 6.10 Å². The van der Waals surface area contributed by atoms with Crippen LogP contribution in [-0.4, -0.2) is 40.3 Å². The summed E-state index contributed by atoms with van der Waals surface area (Å²) >= 11 is 1.46. The van der Waals surface area contributed by atoms with Crippen molar-refractivity contribution in [2.24, 2.45) is 5.73 Å². The summed E-state index contributed by atoms with van der Waals surface area (Å²) in [5.74, 6) is 0. The lowest BCUT2D eigenvalue weighted by molar-refractivity contribution is 0.183. The molecule has 0 bridgehead atoms. The predicted octanol–water partition coefficient (Wildman–Crippen LogP) is 0.132. The van der Waals surface area contributed by atoms with Gasteiger partial charge in [0.2, 0.25) is 0 Å². The van der Waals surface area contributed by atoms with Crippen molar-refractivity contribution < 1.29 is 9.90 Å². The van der Waals surface area contributed by atoms with Crippen LogP contribution in [0, 0.1) is 0 Å². The van der Waals surface area contributed by atoms with Crippen molar-refractivity contribution >= 4 is 32.8 Å². The Labute approximate surface area is 107 Å². The van der Waals surface area contributed by atoms with E-state index in [1.54, 1.807) is 6.20 Å². The molecule has 18 heavy (non-hydrogen) atoms. The third-order valence-electron chi connectivity index (χ3n) is 2.17. The lowest BCUT2D eigenvalue weighted by Crippen LogP contribution is -2.38. The molecule has 96 valence electrons. The van der Waals surface area contributed by atoms with Gasteiger partial charge in [0, 0.05) is 19.3 Å². The second-order valence-corrected chi connectivity index (χ2v) is 4.65. The summed E-state index contributed by atoms with van der Waals surface area (Å²) in [6, 6.07) is 3.12. The van der Waals surface area contributed by atoms with Crippen LogP contribution in [0.15, 0.2) is 18.3 Å². The van der Waals surface area contributed by atoms with E-state index in [4.69, 9.17) is 5.73 Å². The summed E-state index contributed by atoms with van der Waals surface area (Å²) in [4.78, 5) is 18.8. The quantitative estimate of drug-likeness (QED) is 0.615. The highest BCUT2D eigenvalue weighted by Crippen LogP contribution is 2.23. The number of nitrogens with two attached hydrogens (primary N) is 1. The summed E-state index contributed by atoms with van der Waals surface area (Å²) in [5.41, 5.74) is 5.57. The van der Waals surface area contributed by atoms with Crippen molar-refractivity contribution in [2.75, 3.05) is 18.4 Å². The molecule has 2 aromatic heterocycles. The van der Waals surface area contributed by atoms with Gasteiger partial charge in [0.15, 0.2) is 10.8 Å². The molecule has 0 fully saturated rings. The van der Waals surface area contributed by atoms with Gasteiger partial charge in [-0.1, -0.05) is 11.3 Å². The van der Waals surface area contributed by atoms with E-state index < -0.39 is 12.1 Å². The largest absolute Gasteiger partial charge is 0.389 e. The number of aromatic nitrogens is 2. The summed E-state index contributed by atoms with van der Waals surface area (Å²) in [6.07, 6.45) is 0.953. The fraction of sp³-hybridized carbons (Fsp3) is 0.300. The first-order valence-electron chi connectivity index (χ1n) is 5.32. The van der Waals surface area contributed by atoms with Gasteiger partial charge in [-0.25, -0.2) is 14.8 Å². The Hall–Kier alpha value is -1.93. The number of anilines is 1. The van der Waals surface area contributed by atoms with Gasteiger partial charge in [0.1, 0.15) is 0 Å². The van der Waals surface area contributed by atoms with Gasteiger partial charge < -0.3 is 21.5 Å². The van der Waals surface area contributed by atoms with Gasteiger partial charge in [-0.2, -0.15) is 0 Å². The smallest absolute Gasteiger partial charge is 0.312 e.